The normalized spacial score (nSPS) is 51.1. The molecule has 0 heteroatoms. The van der Waals surface area contributed by atoms with Crippen molar-refractivity contribution in [3.05, 3.63) is 0 Å². The molecular weight excluding hydrogens is 240 g/mol. The molecule has 0 N–H and O–H groups in total. The summed E-state index contributed by atoms with van der Waals surface area (Å²) in [6, 6.07) is 0. The van der Waals surface area contributed by atoms with Gasteiger partial charge < -0.3 is 0 Å². The van der Waals surface area contributed by atoms with E-state index in [1.54, 1.807) is 77.0 Å². The molecule has 0 heterocycles. The van der Waals surface area contributed by atoms with Crippen LogP contribution in [0, 0.1) is 35.0 Å². The lowest BCUT2D eigenvalue weighted by molar-refractivity contribution is -0.0591. The fraction of sp³-hybridized carbons (Fsp3) is 1.00. The van der Waals surface area contributed by atoms with Crippen LogP contribution in [0.25, 0.3) is 0 Å². The van der Waals surface area contributed by atoms with E-state index in [1.165, 1.54) is 6.42 Å². The van der Waals surface area contributed by atoms with E-state index >= 15 is 0 Å². The van der Waals surface area contributed by atoms with Gasteiger partial charge in [0.1, 0.15) is 0 Å². The van der Waals surface area contributed by atoms with Crippen molar-refractivity contribution in [3.8, 4) is 0 Å². The molecule has 0 nitrogen and oxygen atoms in total. The van der Waals surface area contributed by atoms with E-state index in [2.05, 4.69) is 6.92 Å². The van der Waals surface area contributed by atoms with Crippen LogP contribution in [0.3, 0.4) is 0 Å². The molecule has 114 valence electrons. The number of hydrogen-bond donors (Lipinski definition) is 0. The van der Waals surface area contributed by atoms with E-state index in [9.17, 15) is 0 Å². The van der Waals surface area contributed by atoms with E-state index in [-0.39, 0.29) is 0 Å². The molecule has 4 aliphatic carbocycles. The molecule has 20 heavy (non-hydrogen) atoms. The van der Waals surface area contributed by atoms with Gasteiger partial charge >= 0.3 is 0 Å². The van der Waals surface area contributed by atoms with Crippen molar-refractivity contribution >= 4 is 0 Å². The second kappa shape index (κ2) is 5.33. The van der Waals surface area contributed by atoms with Crippen LogP contribution in [-0.4, -0.2) is 0 Å². The molecule has 1 unspecified atom stereocenters. The highest BCUT2D eigenvalue weighted by atomic mass is 14.6. The fourth-order valence-corrected chi connectivity index (χ4v) is 7.56. The van der Waals surface area contributed by atoms with Gasteiger partial charge in [0.25, 0.3) is 0 Å². The summed E-state index contributed by atoms with van der Waals surface area (Å²) >= 11 is 0. The minimum atomic E-state index is 0.817. The van der Waals surface area contributed by atoms with Crippen molar-refractivity contribution in [2.24, 2.45) is 35.0 Å². The smallest absolute Gasteiger partial charge is 0.0266 e. The van der Waals surface area contributed by atoms with Gasteiger partial charge in [-0.05, 0) is 86.4 Å². The summed E-state index contributed by atoms with van der Waals surface area (Å²) in [7, 11) is 0. The van der Waals surface area contributed by atoms with Crippen molar-refractivity contribution in [3.63, 3.8) is 0 Å². The van der Waals surface area contributed by atoms with Gasteiger partial charge in [0.05, 0.1) is 0 Å². The zero-order valence-corrected chi connectivity index (χ0v) is 13.6. The number of hydrogen-bond acceptors (Lipinski definition) is 0. The van der Waals surface area contributed by atoms with Gasteiger partial charge in [0, 0.05) is 0 Å². The minimum absolute atomic E-state index is 0.817. The van der Waals surface area contributed by atoms with Crippen LogP contribution in [0.5, 0.6) is 0 Å². The van der Waals surface area contributed by atoms with Gasteiger partial charge in [-0.15, -0.1) is 0 Å². The topological polar surface area (TPSA) is 0 Å². The van der Waals surface area contributed by atoms with Gasteiger partial charge in [0.15, 0.2) is 0 Å². The van der Waals surface area contributed by atoms with Crippen LogP contribution < -0.4 is 0 Å². The molecule has 0 bridgehead atoms. The van der Waals surface area contributed by atoms with Crippen molar-refractivity contribution < 1.29 is 0 Å². The molecule has 0 spiro atoms. The molecule has 0 radical (unpaired) electrons. The van der Waals surface area contributed by atoms with Gasteiger partial charge in [-0.25, -0.2) is 0 Å². The zero-order chi connectivity index (χ0) is 13.6. The Morgan fingerprint density at radius 1 is 0.750 bits per heavy atom. The summed E-state index contributed by atoms with van der Waals surface area (Å²) < 4.78 is 0. The third-order valence-corrected chi connectivity index (χ3v) is 8.16. The molecule has 0 aromatic rings. The maximum Gasteiger partial charge on any atom is -0.0266 e. The average Bonchev–Trinajstić information content (AvgIpc) is 2.91. The highest BCUT2D eigenvalue weighted by molar-refractivity contribution is 5.04. The Morgan fingerprint density at radius 2 is 1.65 bits per heavy atom. The molecule has 0 saturated heterocycles. The van der Waals surface area contributed by atoms with E-state index < -0.39 is 0 Å². The summed E-state index contributed by atoms with van der Waals surface area (Å²) in [4.78, 5) is 0. The van der Waals surface area contributed by atoms with Gasteiger partial charge in [-0.2, -0.15) is 0 Å². The Morgan fingerprint density at radius 3 is 2.55 bits per heavy atom. The molecule has 0 aromatic heterocycles. The van der Waals surface area contributed by atoms with Crippen molar-refractivity contribution in [1.29, 1.82) is 0 Å². The molecule has 4 aliphatic rings. The first-order valence-corrected chi connectivity index (χ1v) is 9.84. The molecule has 0 aromatic carbocycles. The first-order chi connectivity index (χ1) is 9.84. The largest absolute Gasteiger partial charge is 0.0654 e. The van der Waals surface area contributed by atoms with Crippen molar-refractivity contribution in [2.75, 3.05) is 0 Å². The maximum atomic E-state index is 2.42. The lowest BCUT2D eigenvalue weighted by Crippen LogP contribution is -2.47. The molecule has 0 aliphatic heterocycles. The molecular formula is C20H34. The summed E-state index contributed by atoms with van der Waals surface area (Å²) in [6.45, 7) is 2.42. The predicted molar refractivity (Wildman–Crippen MR) is 85.6 cm³/mol. The van der Waals surface area contributed by atoms with E-state index in [4.69, 9.17) is 0 Å². The highest BCUT2D eigenvalue weighted by Crippen LogP contribution is 2.63. The van der Waals surface area contributed by atoms with Crippen LogP contribution >= 0.6 is 0 Å². The average molecular weight is 274 g/mol. The van der Waals surface area contributed by atoms with Crippen molar-refractivity contribution in [2.45, 2.75) is 90.4 Å². The Kier molecular flexibility index (Phi) is 3.63. The van der Waals surface area contributed by atoms with Crippen LogP contribution in [0.1, 0.15) is 90.4 Å². The summed E-state index contributed by atoms with van der Waals surface area (Å²) in [5.41, 5.74) is 0.817. The summed E-state index contributed by atoms with van der Waals surface area (Å²) in [6.07, 6.45) is 20.4. The van der Waals surface area contributed by atoms with Crippen LogP contribution in [0.15, 0.2) is 0 Å². The molecule has 4 saturated carbocycles. The first kappa shape index (κ1) is 13.6. The third-order valence-electron chi connectivity index (χ3n) is 8.16. The predicted octanol–water partition coefficient (Wildman–Crippen LogP) is 6.20. The highest BCUT2D eigenvalue weighted by Gasteiger charge is 2.54. The Labute approximate surface area is 126 Å². The van der Waals surface area contributed by atoms with Crippen molar-refractivity contribution in [1.82, 2.24) is 0 Å². The number of fused-ring (bicyclic) bond motifs is 5. The van der Waals surface area contributed by atoms with E-state index in [1.807, 2.05) is 0 Å². The molecule has 0 amide bonds. The van der Waals surface area contributed by atoms with E-state index in [0.717, 1.165) is 35.0 Å². The molecule has 6 atom stereocenters. The zero-order valence-electron chi connectivity index (χ0n) is 13.6. The number of rotatable bonds is 2. The lowest BCUT2D eigenvalue weighted by Gasteiger charge is -2.55. The first-order valence-electron chi connectivity index (χ1n) is 9.84. The second-order valence-electron chi connectivity index (χ2n) is 8.76. The monoisotopic (exact) mass is 274 g/mol. The summed E-state index contributed by atoms with van der Waals surface area (Å²) in [5, 5.41) is 0. The second-order valence-corrected chi connectivity index (χ2v) is 8.76. The minimum Gasteiger partial charge on any atom is -0.0654 e. The standard InChI is InChI=1S/C20H34/c1-2-12-20-13-5-8-19(20)18-10-9-15-6-3-4-7-16(15)17(18)11-14-20/h15-19H,2-14H2,1H3/t15?,16-,17+,18+,19-,20-/m0/s1. The SMILES string of the molecule is CCC[C@@]12CCC[C@H]1[C@@H]1CCC3CCCC[C@@H]3[C@H]1CC2. The van der Waals surface area contributed by atoms with Crippen LogP contribution in [-0.2, 0) is 0 Å². The molecule has 4 fully saturated rings. The molecule has 4 rings (SSSR count). The summed E-state index contributed by atoms with van der Waals surface area (Å²) in [5.74, 6) is 5.75. The fourth-order valence-electron chi connectivity index (χ4n) is 7.56. The Balaban J connectivity index is 1.56. The van der Waals surface area contributed by atoms with E-state index in [0.29, 0.717) is 0 Å². The van der Waals surface area contributed by atoms with Gasteiger partial charge in [0.2, 0.25) is 0 Å². The Hall–Kier alpha value is 0. The van der Waals surface area contributed by atoms with Gasteiger partial charge in [-0.1, -0.05) is 39.0 Å². The maximum absolute atomic E-state index is 2.42. The lowest BCUT2D eigenvalue weighted by atomic mass is 9.50. The Bertz CT molecular complexity index is 346. The van der Waals surface area contributed by atoms with Crippen LogP contribution in [0.2, 0.25) is 0 Å². The quantitative estimate of drug-likeness (QED) is 0.562. The van der Waals surface area contributed by atoms with Gasteiger partial charge in [-0.3, -0.25) is 0 Å². The third kappa shape index (κ3) is 2.00. The van der Waals surface area contributed by atoms with Crippen LogP contribution in [0.4, 0.5) is 0 Å².